The van der Waals surface area contributed by atoms with Gasteiger partial charge >= 0.3 is 0 Å². The molecule has 88 valence electrons. The molecule has 0 amide bonds. The molecule has 0 aliphatic carbocycles. The topological polar surface area (TPSA) is 27.0 Å². The van der Waals surface area contributed by atoms with Gasteiger partial charge in [0.25, 0.3) is 0 Å². The normalized spacial score (nSPS) is 14.3. The van der Waals surface area contributed by atoms with Gasteiger partial charge in [-0.1, -0.05) is 13.8 Å². The van der Waals surface area contributed by atoms with Crippen molar-refractivity contribution < 1.29 is 0 Å². The maximum atomic E-state index is 8.89. The van der Waals surface area contributed by atoms with Gasteiger partial charge in [-0.05, 0) is 53.1 Å². The summed E-state index contributed by atoms with van der Waals surface area (Å²) in [5, 5.41) is 8.89. The third-order valence-electron chi connectivity index (χ3n) is 3.28. The van der Waals surface area contributed by atoms with Crippen molar-refractivity contribution in [2.75, 3.05) is 13.6 Å². The predicted octanol–water partition coefficient (Wildman–Crippen LogP) is 3.29. The lowest BCUT2D eigenvalue weighted by atomic mass is 9.89. The number of hydrogen-bond donors (Lipinski definition) is 0. The maximum absolute atomic E-state index is 8.89. The van der Waals surface area contributed by atoms with E-state index in [0.29, 0.717) is 12.0 Å². The van der Waals surface area contributed by atoms with Gasteiger partial charge in [0.2, 0.25) is 0 Å². The second kappa shape index (κ2) is 6.12. The van der Waals surface area contributed by atoms with E-state index >= 15 is 0 Å². The van der Waals surface area contributed by atoms with E-state index in [1.165, 1.54) is 0 Å². The van der Waals surface area contributed by atoms with Gasteiger partial charge in [0.1, 0.15) is 0 Å². The second-order valence-corrected chi connectivity index (χ2v) is 5.56. The molecular weight excluding hydrogens is 184 g/mol. The maximum Gasteiger partial charge on any atom is 0.0683 e. The highest BCUT2D eigenvalue weighted by atomic mass is 15.1. The van der Waals surface area contributed by atoms with Crippen molar-refractivity contribution in [3.8, 4) is 6.07 Å². The molecule has 0 radical (unpaired) electrons. The Bertz CT molecular complexity index is 213. The van der Waals surface area contributed by atoms with E-state index in [2.05, 4.69) is 38.8 Å². The van der Waals surface area contributed by atoms with Crippen LogP contribution in [0.4, 0.5) is 0 Å². The van der Waals surface area contributed by atoms with Crippen LogP contribution in [-0.4, -0.2) is 24.5 Å². The average Bonchev–Trinajstić information content (AvgIpc) is 2.16. The van der Waals surface area contributed by atoms with Gasteiger partial charge in [0.05, 0.1) is 11.5 Å². The van der Waals surface area contributed by atoms with Gasteiger partial charge in [-0.15, -0.1) is 0 Å². The van der Waals surface area contributed by atoms with Crippen LogP contribution >= 0.6 is 0 Å². The van der Waals surface area contributed by atoms with Crippen molar-refractivity contribution in [1.82, 2.24) is 4.90 Å². The van der Waals surface area contributed by atoms with Crippen LogP contribution in [0.25, 0.3) is 0 Å². The molecule has 0 aromatic heterocycles. The zero-order valence-corrected chi connectivity index (χ0v) is 11.2. The van der Waals surface area contributed by atoms with Crippen molar-refractivity contribution in [1.29, 1.82) is 5.26 Å². The number of nitriles is 1. The average molecular weight is 210 g/mol. The largest absolute Gasteiger partial charge is 0.303 e. The second-order valence-electron chi connectivity index (χ2n) is 5.56. The molecule has 0 aromatic carbocycles. The van der Waals surface area contributed by atoms with Crippen LogP contribution < -0.4 is 0 Å². The molecule has 0 saturated carbocycles. The molecule has 0 N–H and O–H groups in total. The van der Waals surface area contributed by atoms with Crippen molar-refractivity contribution in [3.05, 3.63) is 0 Å². The fraction of sp³-hybridized carbons (Fsp3) is 0.923. The lowest BCUT2D eigenvalue weighted by Crippen LogP contribution is -2.34. The van der Waals surface area contributed by atoms with Gasteiger partial charge < -0.3 is 4.90 Å². The summed E-state index contributed by atoms with van der Waals surface area (Å²) in [4.78, 5) is 2.39. The Morgan fingerprint density at radius 3 is 2.20 bits per heavy atom. The van der Waals surface area contributed by atoms with Crippen molar-refractivity contribution in [3.63, 3.8) is 0 Å². The fourth-order valence-electron chi connectivity index (χ4n) is 1.54. The van der Waals surface area contributed by atoms with E-state index in [9.17, 15) is 0 Å². The van der Waals surface area contributed by atoms with Gasteiger partial charge in [0, 0.05) is 6.04 Å². The molecule has 0 aliphatic heterocycles. The molecule has 0 saturated heterocycles. The molecule has 2 heteroatoms. The number of nitrogens with zero attached hydrogens (tertiary/aromatic N) is 2. The summed E-state index contributed by atoms with van der Waals surface area (Å²) in [6.07, 6.45) is 2.09. The molecular formula is C13H26N2. The summed E-state index contributed by atoms with van der Waals surface area (Å²) in [7, 11) is 2.17. The van der Waals surface area contributed by atoms with E-state index in [0.717, 1.165) is 19.4 Å². The minimum atomic E-state index is -0.165. The van der Waals surface area contributed by atoms with Gasteiger partial charge in [0.15, 0.2) is 0 Å². The summed E-state index contributed by atoms with van der Waals surface area (Å²) >= 11 is 0. The molecule has 0 bridgehead atoms. The molecule has 1 unspecified atom stereocenters. The molecule has 1 atom stereocenters. The number of rotatable bonds is 6. The quantitative estimate of drug-likeness (QED) is 0.672. The van der Waals surface area contributed by atoms with Crippen LogP contribution in [0.3, 0.4) is 0 Å². The van der Waals surface area contributed by atoms with E-state index in [4.69, 9.17) is 5.26 Å². The first-order valence-corrected chi connectivity index (χ1v) is 5.91. The van der Waals surface area contributed by atoms with Crippen LogP contribution in [0.15, 0.2) is 0 Å². The predicted molar refractivity (Wildman–Crippen MR) is 65.6 cm³/mol. The monoisotopic (exact) mass is 210 g/mol. The standard InChI is InChI=1S/C13H26N2/c1-11(2)12(3)15(6)9-7-8-13(4,5)10-14/h11-12H,7-9H2,1-6H3. The van der Waals surface area contributed by atoms with Crippen LogP contribution in [-0.2, 0) is 0 Å². The van der Waals surface area contributed by atoms with Crippen molar-refractivity contribution in [2.24, 2.45) is 11.3 Å². The Balaban J connectivity index is 3.83. The van der Waals surface area contributed by atoms with Crippen LogP contribution in [0.2, 0.25) is 0 Å². The molecule has 2 nitrogen and oxygen atoms in total. The third kappa shape index (κ3) is 5.79. The Labute approximate surface area is 95.3 Å². The minimum Gasteiger partial charge on any atom is -0.303 e. The zero-order chi connectivity index (χ0) is 12.1. The van der Waals surface area contributed by atoms with Crippen LogP contribution in [0, 0.1) is 22.7 Å². The minimum absolute atomic E-state index is 0.165. The van der Waals surface area contributed by atoms with Crippen molar-refractivity contribution >= 4 is 0 Å². The van der Waals surface area contributed by atoms with Crippen LogP contribution in [0.1, 0.15) is 47.5 Å². The van der Waals surface area contributed by atoms with Gasteiger partial charge in [-0.3, -0.25) is 0 Å². The first-order chi connectivity index (χ1) is 6.80. The lowest BCUT2D eigenvalue weighted by molar-refractivity contribution is 0.198. The Kier molecular flexibility index (Phi) is 5.90. The van der Waals surface area contributed by atoms with E-state index in [1.807, 2.05) is 13.8 Å². The van der Waals surface area contributed by atoms with Crippen LogP contribution in [0.5, 0.6) is 0 Å². The third-order valence-corrected chi connectivity index (χ3v) is 3.28. The van der Waals surface area contributed by atoms with Crippen molar-refractivity contribution in [2.45, 2.75) is 53.5 Å². The molecule has 0 aliphatic rings. The summed E-state index contributed by atoms with van der Waals surface area (Å²) in [5.74, 6) is 0.693. The molecule has 0 rings (SSSR count). The molecule has 15 heavy (non-hydrogen) atoms. The highest BCUT2D eigenvalue weighted by Crippen LogP contribution is 2.21. The Morgan fingerprint density at radius 1 is 1.27 bits per heavy atom. The smallest absolute Gasteiger partial charge is 0.0683 e. The first-order valence-electron chi connectivity index (χ1n) is 5.91. The number of hydrogen-bond acceptors (Lipinski definition) is 2. The zero-order valence-electron chi connectivity index (χ0n) is 11.2. The summed E-state index contributed by atoms with van der Waals surface area (Å²) in [5.41, 5.74) is -0.165. The van der Waals surface area contributed by atoms with Gasteiger partial charge in [-0.25, -0.2) is 0 Å². The van der Waals surface area contributed by atoms with E-state index in [1.54, 1.807) is 0 Å². The first kappa shape index (κ1) is 14.5. The highest BCUT2D eigenvalue weighted by Gasteiger charge is 2.17. The summed E-state index contributed by atoms with van der Waals surface area (Å²) < 4.78 is 0. The lowest BCUT2D eigenvalue weighted by Gasteiger charge is -2.28. The summed E-state index contributed by atoms with van der Waals surface area (Å²) in [6, 6.07) is 2.97. The van der Waals surface area contributed by atoms with E-state index in [-0.39, 0.29) is 5.41 Å². The Morgan fingerprint density at radius 2 is 1.80 bits per heavy atom. The molecule has 0 aromatic rings. The molecule has 0 heterocycles. The fourth-order valence-corrected chi connectivity index (χ4v) is 1.54. The molecule has 0 fully saturated rings. The Hall–Kier alpha value is -0.550. The summed E-state index contributed by atoms with van der Waals surface area (Å²) in [6.45, 7) is 11.9. The van der Waals surface area contributed by atoms with E-state index < -0.39 is 0 Å². The molecule has 0 spiro atoms. The van der Waals surface area contributed by atoms with Gasteiger partial charge in [-0.2, -0.15) is 5.26 Å². The SMILES string of the molecule is CC(C)C(C)N(C)CCCC(C)(C)C#N. The highest BCUT2D eigenvalue weighted by molar-refractivity contribution is 4.91.